The highest BCUT2D eigenvalue weighted by molar-refractivity contribution is 5.69. The van der Waals surface area contributed by atoms with E-state index in [9.17, 15) is 4.39 Å². The third kappa shape index (κ3) is 2.27. The number of rotatable bonds is 3. The van der Waals surface area contributed by atoms with Gasteiger partial charge in [-0.2, -0.15) is 0 Å². The summed E-state index contributed by atoms with van der Waals surface area (Å²) in [6, 6.07) is 9.30. The second-order valence-corrected chi connectivity index (χ2v) is 5.13. The highest BCUT2D eigenvalue weighted by Gasteiger charge is 2.21. The molecule has 1 atom stereocenters. The molecule has 1 aromatic heterocycles. The molecule has 4 heteroatoms. The number of hydrogen-bond acceptors (Lipinski definition) is 3. The van der Waals surface area contributed by atoms with Crippen molar-refractivity contribution >= 4 is 11.4 Å². The van der Waals surface area contributed by atoms with Gasteiger partial charge in [-0.25, -0.2) is 4.39 Å². The lowest BCUT2D eigenvalue weighted by Crippen LogP contribution is -2.16. The van der Waals surface area contributed by atoms with E-state index in [-0.39, 0.29) is 11.9 Å². The minimum atomic E-state index is -0.191. The lowest BCUT2D eigenvalue weighted by Gasteiger charge is -2.20. The Morgan fingerprint density at radius 3 is 2.85 bits per heavy atom. The van der Waals surface area contributed by atoms with Crippen LogP contribution < -0.4 is 10.2 Å². The van der Waals surface area contributed by atoms with Crippen LogP contribution >= 0.6 is 0 Å². The molecule has 1 aliphatic heterocycles. The third-order valence-corrected chi connectivity index (χ3v) is 3.90. The van der Waals surface area contributed by atoms with Gasteiger partial charge in [-0.15, -0.1) is 0 Å². The average Bonchev–Trinajstić information content (AvgIpc) is 2.89. The Morgan fingerprint density at radius 2 is 2.15 bits per heavy atom. The topological polar surface area (TPSA) is 28.2 Å². The first-order valence-electron chi connectivity index (χ1n) is 6.88. The van der Waals surface area contributed by atoms with Gasteiger partial charge >= 0.3 is 0 Å². The van der Waals surface area contributed by atoms with Crippen molar-refractivity contribution in [3.63, 3.8) is 0 Å². The van der Waals surface area contributed by atoms with E-state index in [2.05, 4.69) is 28.2 Å². The van der Waals surface area contributed by atoms with Crippen LogP contribution in [0.2, 0.25) is 0 Å². The van der Waals surface area contributed by atoms with Gasteiger partial charge < -0.3 is 10.2 Å². The van der Waals surface area contributed by atoms with Gasteiger partial charge in [0.05, 0.1) is 17.6 Å². The first kappa shape index (κ1) is 13.1. The summed E-state index contributed by atoms with van der Waals surface area (Å²) in [6.07, 6.45) is 2.81. The number of hydrogen-bond donors (Lipinski definition) is 1. The van der Waals surface area contributed by atoms with Crippen molar-refractivity contribution in [2.24, 2.45) is 0 Å². The number of nitrogens with zero attached hydrogens (tertiary/aromatic N) is 2. The van der Waals surface area contributed by atoms with E-state index in [0.29, 0.717) is 0 Å². The maximum atomic E-state index is 13.4. The highest BCUT2D eigenvalue weighted by Crippen LogP contribution is 2.34. The van der Waals surface area contributed by atoms with Crippen molar-refractivity contribution in [3.05, 3.63) is 53.6 Å². The first-order valence-corrected chi connectivity index (χ1v) is 6.88. The zero-order chi connectivity index (χ0) is 14.1. The Kier molecular flexibility index (Phi) is 3.40. The average molecular weight is 271 g/mol. The number of halogens is 1. The Labute approximate surface area is 118 Å². The van der Waals surface area contributed by atoms with Crippen LogP contribution in [0, 0.1) is 5.82 Å². The van der Waals surface area contributed by atoms with Crippen LogP contribution in [0.4, 0.5) is 15.8 Å². The van der Waals surface area contributed by atoms with Crippen LogP contribution in [0.25, 0.3) is 0 Å². The van der Waals surface area contributed by atoms with Crippen LogP contribution in [-0.2, 0) is 6.42 Å². The Morgan fingerprint density at radius 1 is 1.30 bits per heavy atom. The highest BCUT2D eigenvalue weighted by atomic mass is 19.1. The summed E-state index contributed by atoms with van der Waals surface area (Å²) in [5.41, 5.74) is 4.18. The fraction of sp³-hybridized carbons (Fsp3) is 0.312. The fourth-order valence-electron chi connectivity index (χ4n) is 2.58. The molecule has 0 spiro atoms. The zero-order valence-corrected chi connectivity index (χ0v) is 11.7. The van der Waals surface area contributed by atoms with Crippen LogP contribution in [-0.4, -0.2) is 18.6 Å². The molecule has 0 aliphatic carbocycles. The van der Waals surface area contributed by atoms with Gasteiger partial charge in [0.25, 0.3) is 0 Å². The number of pyridine rings is 1. The molecule has 1 aromatic carbocycles. The first-order chi connectivity index (χ1) is 9.69. The number of nitrogens with one attached hydrogen (secondary N) is 1. The van der Waals surface area contributed by atoms with Crippen LogP contribution in [0.5, 0.6) is 0 Å². The molecule has 0 saturated carbocycles. The quantitative estimate of drug-likeness (QED) is 0.929. The van der Waals surface area contributed by atoms with Crippen molar-refractivity contribution in [1.29, 1.82) is 0 Å². The molecule has 0 saturated heterocycles. The van der Waals surface area contributed by atoms with Crippen molar-refractivity contribution in [1.82, 2.24) is 10.3 Å². The van der Waals surface area contributed by atoms with Crippen molar-refractivity contribution in [2.45, 2.75) is 19.4 Å². The van der Waals surface area contributed by atoms with E-state index in [1.54, 1.807) is 6.07 Å². The van der Waals surface area contributed by atoms with Crippen molar-refractivity contribution in [3.8, 4) is 0 Å². The lowest BCUT2D eigenvalue weighted by molar-refractivity contribution is 0.628. The molecular formula is C16H18FN3. The standard InChI is InChI=1S/C16H18FN3/c1-11(18-2)15-6-5-14(10-19-15)20-8-7-12-3-4-13(17)9-16(12)20/h3-6,9-11,18H,7-8H2,1-2H3. The lowest BCUT2D eigenvalue weighted by atomic mass is 10.1. The van der Waals surface area contributed by atoms with Gasteiger partial charge in [0.15, 0.2) is 0 Å². The smallest absolute Gasteiger partial charge is 0.125 e. The minimum absolute atomic E-state index is 0.191. The van der Waals surface area contributed by atoms with Gasteiger partial charge in [0, 0.05) is 18.3 Å². The Bertz CT molecular complexity index is 610. The fourth-order valence-corrected chi connectivity index (χ4v) is 2.58. The Hall–Kier alpha value is -1.94. The van der Waals surface area contributed by atoms with Crippen molar-refractivity contribution < 1.29 is 4.39 Å². The molecule has 1 unspecified atom stereocenters. The number of benzene rings is 1. The SMILES string of the molecule is CNC(C)c1ccc(N2CCc3ccc(F)cc32)cn1. The molecule has 1 aliphatic rings. The molecule has 0 radical (unpaired) electrons. The summed E-state index contributed by atoms with van der Waals surface area (Å²) in [5.74, 6) is -0.191. The zero-order valence-electron chi connectivity index (χ0n) is 11.7. The number of fused-ring (bicyclic) bond motifs is 1. The number of anilines is 2. The molecule has 2 aromatic rings. The largest absolute Gasteiger partial charge is 0.340 e. The van der Waals surface area contributed by atoms with Gasteiger partial charge in [-0.05, 0) is 50.2 Å². The van der Waals surface area contributed by atoms with E-state index in [0.717, 1.165) is 30.0 Å². The molecule has 3 rings (SSSR count). The van der Waals surface area contributed by atoms with Gasteiger partial charge in [-0.3, -0.25) is 4.98 Å². The van der Waals surface area contributed by atoms with Gasteiger partial charge in [0.2, 0.25) is 0 Å². The summed E-state index contributed by atoms with van der Waals surface area (Å²) in [4.78, 5) is 6.62. The van der Waals surface area contributed by atoms with Crippen LogP contribution in [0.15, 0.2) is 36.5 Å². The summed E-state index contributed by atoms with van der Waals surface area (Å²) < 4.78 is 13.4. The van der Waals surface area contributed by atoms with Gasteiger partial charge in [-0.1, -0.05) is 6.07 Å². The molecule has 20 heavy (non-hydrogen) atoms. The molecule has 104 valence electrons. The van der Waals surface area contributed by atoms with E-state index in [1.165, 1.54) is 11.6 Å². The monoisotopic (exact) mass is 271 g/mol. The normalized spacial score (nSPS) is 15.2. The second-order valence-electron chi connectivity index (χ2n) is 5.13. The summed E-state index contributed by atoms with van der Waals surface area (Å²) in [6.45, 7) is 2.95. The van der Waals surface area contributed by atoms with Crippen molar-refractivity contribution in [2.75, 3.05) is 18.5 Å². The Balaban J connectivity index is 1.90. The predicted molar refractivity (Wildman–Crippen MR) is 78.8 cm³/mol. The molecule has 0 bridgehead atoms. The minimum Gasteiger partial charge on any atom is -0.340 e. The van der Waals surface area contributed by atoms with E-state index in [1.807, 2.05) is 25.4 Å². The molecular weight excluding hydrogens is 253 g/mol. The van der Waals surface area contributed by atoms with Crippen LogP contribution in [0.3, 0.4) is 0 Å². The molecule has 0 fully saturated rings. The summed E-state index contributed by atoms with van der Waals surface area (Å²) in [5, 5.41) is 3.17. The summed E-state index contributed by atoms with van der Waals surface area (Å²) >= 11 is 0. The van der Waals surface area contributed by atoms with Crippen LogP contribution in [0.1, 0.15) is 24.2 Å². The van der Waals surface area contributed by atoms with E-state index >= 15 is 0 Å². The maximum absolute atomic E-state index is 13.4. The second kappa shape index (κ2) is 5.21. The third-order valence-electron chi connectivity index (χ3n) is 3.90. The summed E-state index contributed by atoms with van der Waals surface area (Å²) in [7, 11) is 1.92. The molecule has 1 N–H and O–H groups in total. The van der Waals surface area contributed by atoms with Gasteiger partial charge in [0.1, 0.15) is 5.82 Å². The molecule has 0 amide bonds. The molecule has 2 heterocycles. The van der Waals surface area contributed by atoms with E-state index in [4.69, 9.17) is 0 Å². The molecule has 3 nitrogen and oxygen atoms in total. The van der Waals surface area contributed by atoms with E-state index < -0.39 is 0 Å². The maximum Gasteiger partial charge on any atom is 0.125 e. The predicted octanol–water partition coefficient (Wildman–Crippen LogP) is 3.20. The number of aromatic nitrogens is 1.